The normalized spacial score (nSPS) is 24.7. The Hall–Kier alpha value is -0.780. The molecular formula is C12H18. The molecule has 0 atom stereocenters. The van der Waals surface area contributed by atoms with Gasteiger partial charge in [0.2, 0.25) is 0 Å². The first-order chi connectivity index (χ1) is 5.74. The molecule has 1 rings (SSSR count). The zero-order valence-corrected chi connectivity index (χ0v) is 8.57. The first kappa shape index (κ1) is 9.31. The molecule has 0 aliphatic heterocycles. The molecule has 1 aliphatic carbocycles. The van der Waals surface area contributed by atoms with Crippen LogP contribution in [0.3, 0.4) is 0 Å². The van der Waals surface area contributed by atoms with Gasteiger partial charge in [-0.05, 0) is 50.3 Å². The molecule has 0 heterocycles. The van der Waals surface area contributed by atoms with Crippen molar-refractivity contribution in [3.8, 4) is 0 Å². The van der Waals surface area contributed by atoms with Gasteiger partial charge < -0.3 is 0 Å². The fraction of sp³-hybridized carbons (Fsp3) is 0.500. The molecule has 0 spiro atoms. The minimum Gasteiger partial charge on any atom is -0.0835 e. The summed E-state index contributed by atoms with van der Waals surface area (Å²) in [6, 6.07) is 0. The first-order valence-electron chi connectivity index (χ1n) is 4.75. The Kier molecular flexibility index (Phi) is 2.91. The van der Waals surface area contributed by atoms with Crippen LogP contribution in [0.25, 0.3) is 0 Å². The van der Waals surface area contributed by atoms with Gasteiger partial charge in [-0.25, -0.2) is 0 Å². The summed E-state index contributed by atoms with van der Waals surface area (Å²) in [4.78, 5) is 0. The van der Waals surface area contributed by atoms with Crippen LogP contribution in [0.2, 0.25) is 0 Å². The molecule has 0 unspecified atom stereocenters. The van der Waals surface area contributed by atoms with Gasteiger partial charge in [0.1, 0.15) is 0 Å². The van der Waals surface area contributed by atoms with E-state index in [1.165, 1.54) is 29.6 Å². The third kappa shape index (κ3) is 1.38. The molecule has 0 fully saturated rings. The van der Waals surface area contributed by atoms with Crippen LogP contribution in [0.15, 0.2) is 34.4 Å². The Labute approximate surface area is 75.7 Å². The van der Waals surface area contributed by atoms with Crippen LogP contribution in [-0.4, -0.2) is 0 Å². The van der Waals surface area contributed by atoms with Crippen molar-refractivity contribution < 1.29 is 0 Å². The van der Waals surface area contributed by atoms with Gasteiger partial charge in [-0.15, -0.1) is 0 Å². The van der Waals surface area contributed by atoms with E-state index in [0.717, 1.165) is 0 Å². The van der Waals surface area contributed by atoms with Crippen molar-refractivity contribution in [1.82, 2.24) is 0 Å². The first-order valence-corrected chi connectivity index (χ1v) is 4.75. The highest BCUT2D eigenvalue weighted by molar-refractivity contribution is 5.55. The van der Waals surface area contributed by atoms with Crippen LogP contribution in [-0.2, 0) is 0 Å². The fourth-order valence-electron chi connectivity index (χ4n) is 1.94. The highest BCUT2D eigenvalue weighted by atomic mass is 14.2. The largest absolute Gasteiger partial charge is 0.0835 e. The van der Waals surface area contributed by atoms with E-state index in [9.17, 15) is 0 Å². The molecule has 0 saturated carbocycles. The van der Waals surface area contributed by atoms with Crippen LogP contribution < -0.4 is 0 Å². The van der Waals surface area contributed by atoms with Gasteiger partial charge in [0.15, 0.2) is 0 Å². The molecule has 0 aromatic heterocycles. The second-order valence-corrected chi connectivity index (χ2v) is 3.28. The molecule has 0 aromatic carbocycles. The van der Waals surface area contributed by atoms with Crippen molar-refractivity contribution >= 4 is 0 Å². The number of rotatable bonds is 1. The Morgan fingerprint density at radius 2 is 1.92 bits per heavy atom. The maximum Gasteiger partial charge on any atom is -0.00586 e. The molecule has 1 aliphatic rings. The van der Waals surface area contributed by atoms with Gasteiger partial charge in [-0.2, -0.15) is 0 Å². The Morgan fingerprint density at radius 3 is 2.25 bits per heavy atom. The summed E-state index contributed by atoms with van der Waals surface area (Å²) in [5.74, 6) is 0. The third-order valence-electron chi connectivity index (χ3n) is 2.75. The van der Waals surface area contributed by atoms with E-state index in [2.05, 4.69) is 39.8 Å². The minimum atomic E-state index is 1.18. The maximum absolute atomic E-state index is 2.24. The van der Waals surface area contributed by atoms with Crippen molar-refractivity contribution in [2.75, 3.05) is 0 Å². The topological polar surface area (TPSA) is 0 Å². The SMILES string of the molecule is C/C=C1/CC(CC)=C(C)/C1=C/C. The van der Waals surface area contributed by atoms with Crippen molar-refractivity contribution in [2.45, 2.75) is 40.5 Å². The van der Waals surface area contributed by atoms with E-state index in [1.807, 2.05) is 0 Å². The van der Waals surface area contributed by atoms with Crippen LogP contribution in [0.5, 0.6) is 0 Å². The summed E-state index contributed by atoms with van der Waals surface area (Å²) in [7, 11) is 0. The van der Waals surface area contributed by atoms with E-state index in [1.54, 1.807) is 5.57 Å². The smallest absolute Gasteiger partial charge is 0.00586 e. The highest BCUT2D eigenvalue weighted by Crippen LogP contribution is 2.36. The highest BCUT2D eigenvalue weighted by Gasteiger charge is 2.17. The van der Waals surface area contributed by atoms with Gasteiger partial charge in [0, 0.05) is 0 Å². The standard InChI is InChI=1S/C12H18/c1-5-10-8-11(6-2)12(7-3)9(10)4/h6-7H,5,8H2,1-4H3/b11-6-,12-7-. The predicted octanol–water partition coefficient (Wildman–Crippen LogP) is 4.01. The van der Waals surface area contributed by atoms with Crippen molar-refractivity contribution in [3.63, 3.8) is 0 Å². The molecule has 66 valence electrons. The lowest BCUT2D eigenvalue weighted by atomic mass is 10.1. The predicted molar refractivity (Wildman–Crippen MR) is 55.1 cm³/mol. The Morgan fingerprint density at radius 1 is 1.25 bits per heavy atom. The Balaban J connectivity index is 3.05. The average Bonchev–Trinajstić information content (AvgIpc) is 2.41. The molecule has 0 nitrogen and oxygen atoms in total. The zero-order chi connectivity index (χ0) is 9.14. The maximum atomic E-state index is 2.24. The fourth-order valence-corrected chi connectivity index (χ4v) is 1.94. The van der Waals surface area contributed by atoms with E-state index in [-0.39, 0.29) is 0 Å². The molecule has 0 N–H and O–H groups in total. The number of allylic oxidation sites excluding steroid dienone is 6. The number of hydrogen-bond donors (Lipinski definition) is 0. The quantitative estimate of drug-likeness (QED) is 0.546. The van der Waals surface area contributed by atoms with Crippen molar-refractivity contribution in [2.24, 2.45) is 0 Å². The van der Waals surface area contributed by atoms with Gasteiger partial charge in [0.05, 0.1) is 0 Å². The summed E-state index contributed by atoms with van der Waals surface area (Å²) < 4.78 is 0. The van der Waals surface area contributed by atoms with Gasteiger partial charge in [0.25, 0.3) is 0 Å². The van der Waals surface area contributed by atoms with E-state index in [0.29, 0.717) is 0 Å². The van der Waals surface area contributed by atoms with Gasteiger partial charge in [-0.1, -0.05) is 24.6 Å². The molecule has 0 radical (unpaired) electrons. The van der Waals surface area contributed by atoms with Crippen molar-refractivity contribution in [1.29, 1.82) is 0 Å². The van der Waals surface area contributed by atoms with Crippen LogP contribution in [0, 0.1) is 0 Å². The summed E-state index contributed by atoms with van der Waals surface area (Å²) in [6.45, 7) is 8.74. The molecule has 0 aromatic rings. The average molecular weight is 162 g/mol. The molecule has 12 heavy (non-hydrogen) atoms. The van der Waals surface area contributed by atoms with E-state index in [4.69, 9.17) is 0 Å². The van der Waals surface area contributed by atoms with E-state index >= 15 is 0 Å². The van der Waals surface area contributed by atoms with Crippen molar-refractivity contribution in [3.05, 3.63) is 34.4 Å². The summed E-state index contributed by atoms with van der Waals surface area (Å²) in [6.07, 6.45) is 6.84. The molecule has 0 bridgehead atoms. The molecule has 0 saturated heterocycles. The van der Waals surface area contributed by atoms with Crippen LogP contribution >= 0.6 is 0 Å². The molecular weight excluding hydrogens is 144 g/mol. The lowest BCUT2D eigenvalue weighted by Gasteiger charge is -1.99. The summed E-state index contributed by atoms with van der Waals surface area (Å²) >= 11 is 0. The summed E-state index contributed by atoms with van der Waals surface area (Å²) in [5, 5.41) is 0. The molecule has 0 heteroatoms. The summed E-state index contributed by atoms with van der Waals surface area (Å²) in [5.41, 5.74) is 6.09. The Bertz CT molecular complexity index is 262. The van der Waals surface area contributed by atoms with E-state index < -0.39 is 0 Å². The second kappa shape index (κ2) is 3.75. The van der Waals surface area contributed by atoms with Gasteiger partial charge >= 0.3 is 0 Å². The lowest BCUT2D eigenvalue weighted by molar-refractivity contribution is 1.02. The number of hydrogen-bond acceptors (Lipinski definition) is 0. The third-order valence-corrected chi connectivity index (χ3v) is 2.75. The minimum absolute atomic E-state index is 1.18. The van der Waals surface area contributed by atoms with Crippen LogP contribution in [0.4, 0.5) is 0 Å². The molecule has 0 amide bonds. The van der Waals surface area contributed by atoms with Crippen LogP contribution in [0.1, 0.15) is 40.5 Å². The van der Waals surface area contributed by atoms with Gasteiger partial charge in [-0.3, -0.25) is 0 Å². The zero-order valence-electron chi connectivity index (χ0n) is 8.57. The lowest BCUT2D eigenvalue weighted by Crippen LogP contribution is -1.80. The monoisotopic (exact) mass is 162 g/mol. The second-order valence-electron chi connectivity index (χ2n) is 3.28.